The van der Waals surface area contributed by atoms with Crippen LogP contribution in [0.25, 0.3) is 0 Å². The van der Waals surface area contributed by atoms with Crippen LogP contribution in [0.2, 0.25) is 5.02 Å². The second kappa shape index (κ2) is 4.21. The first-order valence-corrected chi connectivity index (χ1v) is 4.84. The minimum Gasteiger partial charge on any atom is -0.387 e. The van der Waals surface area contributed by atoms with Gasteiger partial charge in [-0.1, -0.05) is 27.5 Å². The van der Waals surface area contributed by atoms with Gasteiger partial charge >= 0.3 is 0 Å². The van der Waals surface area contributed by atoms with E-state index in [1.165, 1.54) is 18.2 Å². The van der Waals surface area contributed by atoms with Crippen LogP contribution in [0.15, 0.2) is 18.2 Å². The molecule has 66 valence electrons. The van der Waals surface area contributed by atoms with Crippen molar-refractivity contribution in [3.8, 4) is 0 Å². The van der Waals surface area contributed by atoms with E-state index in [9.17, 15) is 9.50 Å². The summed E-state index contributed by atoms with van der Waals surface area (Å²) in [7, 11) is 0. The molecule has 0 spiro atoms. The molecule has 0 saturated carbocycles. The SMILES string of the molecule is OC(CBr)c1cc(Cl)ccc1F. The highest BCUT2D eigenvalue weighted by atomic mass is 79.9. The monoisotopic (exact) mass is 252 g/mol. The smallest absolute Gasteiger partial charge is 0.129 e. The summed E-state index contributed by atoms with van der Waals surface area (Å²) in [6.07, 6.45) is -0.844. The summed E-state index contributed by atoms with van der Waals surface area (Å²) in [5, 5.41) is 10.0. The molecule has 1 atom stereocenters. The van der Waals surface area contributed by atoms with Crippen molar-refractivity contribution < 1.29 is 9.50 Å². The molecule has 0 aliphatic carbocycles. The molecule has 0 heterocycles. The zero-order valence-corrected chi connectivity index (χ0v) is 8.44. The standard InChI is InChI=1S/C8H7BrClFO/c9-4-8(12)6-3-5(10)1-2-7(6)11/h1-3,8,12H,4H2. The maximum atomic E-state index is 13.0. The van der Waals surface area contributed by atoms with Gasteiger partial charge < -0.3 is 5.11 Å². The molecule has 1 rings (SSSR count). The van der Waals surface area contributed by atoms with Gasteiger partial charge in [0, 0.05) is 15.9 Å². The topological polar surface area (TPSA) is 20.2 Å². The third kappa shape index (κ3) is 2.19. The number of rotatable bonds is 2. The van der Waals surface area contributed by atoms with Gasteiger partial charge in [-0.15, -0.1) is 0 Å². The van der Waals surface area contributed by atoms with Crippen LogP contribution < -0.4 is 0 Å². The molecule has 4 heteroatoms. The first-order chi connectivity index (χ1) is 5.65. The van der Waals surface area contributed by atoms with E-state index in [4.69, 9.17) is 11.6 Å². The van der Waals surface area contributed by atoms with Crippen molar-refractivity contribution in [1.82, 2.24) is 0 Å². The molecule has 0 aromatic heterocycles. The summed E-state index contributed by atoms with van der Waals surface area (Å²) in [4.78, 5) is 0. The summed E-state index contributed by atoms with van der Waals surface area (Å²) in [6, 6.07) is 4.10. The summed E-state index contributed by atoms with van der Waals surface area (Å²) in [5.74, 6) is -0.439. The zero-order valence-electron chi connectivity index (χ0n) is 6.10. The second-order valence-electron chi connectivity index (χ2n) is 2.34. The van der Waals surface area contributed by atoms with E-state index >= 15 is 0 Å². The van der Waals surface area contributed by atoms with Crippen molar-refractivity contribution >= 4 is 27.5 Å². The van der Waals surface area contributed by atoms with Gasteiger partial charge in [-0.05, 0) is 18.2 Å². The summed E-state index contributed by atoms with van der Waals surface area (Å²) in [5.41, 5.74) is 0.222. The van der Waals surface area contributed by atoms with Crippen molar-refractivity contribution in [2.75, 3.05) is 5.33 Å². The van der Waals surface area contributed by atoms with Gasteiger partial charge in [0.1, 0.15) is 5.82 Å². The minimum absolute atomic E-state index is 0.222. The predicted molar refractivity (Wildman–Crippen MR) is 50.2 cm³/mol. The molecule has 0 fully saturated rings. The average Bonchev–Trinajstić information content (AvgIpc) is 2.08. The van der Waals surface area contributed by atoms with E-state index in [1.807, 2.05) is 0 Å². The highest BCUT2D eigenvalue weighted by Gasteiger charge is 2.11. The Morgan fingerprint density at radius 2 is 2.25 bits per heavy atom. The first-order valence-electron chi connectivity index (χ1n) is 3.34. The number of hydrogen-bond donors (Lipinski definition) is 1. The Balaban J connectivity index is 3.04. The molecular weight excluding hydrogens is 246 g/mol. The van der Waals surface area contributed by atoms with E-state index in [1.54, 1.807) is 0 Å². The Kier molecular flexibility index (Phi) is 3.50. The molecule has 1 N–H and O–H groups in total. The number of hydrogen-bond acceptors (Lipinski definition) is 1. The Morgan fingerprint density at radius 3 is 2.83 bits per heavy atom. The number of alkyl halides is 1. The van der Waals surface area contributed by atoms with E-state index in [0.29, 0.717) is 10.4 Å². The van der Waals surface area contributed by atoms with Gasteiger partial charge in [0.05, 0.1) is 6.10 Å². The lowest BCUT2D eigenvalue weighted by atomic mass is 10.1. The predicted octanol–water partition coefficient (Wildman–Crippen LogP) is 2.91. The molecule has 1 aromatic carbocycles. The summed E-state index contributed by atoms with van der Waals surface area (Å²) < 4.78 is 13.0. The van der Waals surface area contributed by atoms with E-state index in [0.717, 1.165) is 0 Å². The Labute approximate surface area is 83.3 Å². The Morgan fingerprint density at radius 1 is 1.58 bits per heavy atom. The third-order valence-electron chi connectivity index (χ3n) is 1.46. The van der Waals surface area contributed by atoms with Crippen LogP contribution in [0.4, 0.5) is 4.39 Å². The molecular formula is C8H7BrClFO. The van der Waals surface area contributed by atoms with Crippen LogP contribution in [0.3, 0.4) is 0 Å². The highest BCUT2D eigenvalue weighted by molar-refractivity contribution is 9.09. The fraction of sp³-hybridized carbons (Fsp3) is 0.250. The van der Waals surface area contributed by atoms with Crippen molar-refractivity contribution in [1.29, 1.82) is 0 Å². The maximum Gasteiger partial charge on any atom is 0.129 e. The number of halogens is 3. The second-order valence-corrected chi connectivity index (χ2v) is 3.42. The quantitative estimate of drug-likeness (QED) is 0.804. The highest BCUT2D eigenvalue weighted by Crippen LogP contribution is 2.22. The lowest BCUT2D eigenvalue weighted by Gasteiger charge is -2.08. The summed E-state index contributed by atoms with van der Waals surface area (Å²) in [6.45, 7) is 0. The molecule has 1 nitrogen and oxygen atoms in total. The van der Waals surface area contributed by atoms with Gasteiger partial charge in [-0.2, -0.15) is 0 Å². The lowest BCUT2D eigenvalue weighted by molar-refractivity contribution is 0.200. The molecule has 0 radical (unpaired) electrons. The molecule has 0 aliphatic heterocycles. The molecule has 0 bridgehead atoms. The molecule has 0 amide bonds. The maximum absolute atomic E-state index is 13.0. The number of aliphatic hydroxyl groups is 1. The summed E-state index contributed by atoms with van der Waals surface area (Å²) >= 11 is 8.68. The third-order valence-corrected chi connectivity index (χ3v) is 2.31. The molecule has 0 saturated heterocycles. The fourth-order valence-electron chi connectivity index (χ4n) is 0.853. The Hall–Kier alpha value is -0.120. The van der Waals surface area contributed by atoms with Gasteiger partial charge in [0.15, 0.2) is 0 Å². The zero-order chi connectivity index (χ0) is 9.14. The van der Waals surface area contributed by atoms with Gasteiger partial charge in [-0.3, -0.25) is 0 Å². The first kappa shape index (κ1) is 9.96. The average molecular weight is 253 g/mol. The molecule has 1 aromatic rings. The van der Waals surface area contributed by atoms with E-state index in [-0.39, 0.29) is 5.56 Å². The van der Waals surface area contributed by atoms with Gasteiger partial charge in [0.2, 0.25) is 0 Å². The van der Waals surface area contributed by atoms with Gasteiger partial charge in [-0.25, -0.2) is 4.39 Å². The Bertz CT molecular complexity index is 280. The van der Waals surface area contributed by atoms with Crippen molar-refractivity contribution in [2.45, 2.75) is 6.10 Å². The molecule has 1 unspecified atom stereocenters. The van der Waals surface area contributed by atoms with Crippen LogP contribution in [0.1, 0.15) is 11.7 Å². The molecule has 0 aliphatic rings. The van der Waals surface area contributed by atoms with Crippen LogP contribution in [-0.2, 0) is 0 Å². The van der Waals surface area contributed by atoms with Crippen molar-refractivity contribution in [3.63, 3.8) is 0 Å². The number of benzene rings is 1. The molecule has 12 heavy (non-hydrogen) atoms. The minimum atomic E-state index is -0.844. The van der Waals surface area contributed by atoms with Crippen molar-refractivity contribution in [2.24, 2.45) is 0 Å². The van der Waals surface area contributed by atoms with Crippen molar-refractivity contribution in [3.05, 3.63) is 34.6 Å². The number of aliphatic hydroxyl groups excluding tert-OH is 1. The lowest BCUT2D eigenvalue weighted by Crippen LogP contribution is -2.01. The van der Waals surface area contributed by atoms with Crippen LogP contribution in [0, 0.1) is 5.82 Å². The van der Waals surface area contributed by atoms with E-state index < -0.39 is 11.9 Å². The fourth-order valence-corrected chi connectivity index (χ4v) is 1.38. The van der Waals surface area contributed by atoms with E-state index in [2.05, 4.69) is 15.9 Å². The van der Waals surface area contributed by atoms with Crippen LogP contribution in [0.5, 0.6) is 0 Å². The van der Waals surface area contributed by atoms with Crippen LogP contribution in [-0.4, -0.2) is 10.4 Å². The normalized spacial score (nSPS) is 13.0. The van der Waals surface area contributed by atoms with Gasteiger partial charge in [0.25, 0.3) is 0 Å². The van der Waals surface area contributed by atoms with Crippen LogP contribution >= 0.6 is 27.5 Å². The largest absolute Gasteiger partial charge is 0.387 e.